The fourth-order valence-corrected chi connectivity index (χ4v) is 7.28. The number of aryl methyl sites for hydroxylation is 1. The first-order valence-electron chi connectivity index (χ1n) is 5.33. The molecule has 0 radical (unpaired) electrons. The van der Waals surface area contributed by atoms with Gasteiger partial charge in [-0.15, -0.1) is 8.19 Å². The molecule has 1 heterocycles. The van der Waals surface area contributed by atoms with Gasteiger partial charge in [-0.3, -0.25) is 0 Å². The molecular formula is C12H23PSi. The zero-order valence-corrected chi connectivity index (χ0v) is 12.6. The summed E-state index contributed by atoms with van der Waals surface area (Å²) in [5, 5.41) is 0.481. The van der Waals surface area contributed by atoms with Crippen molar-refractivity contribution in [2.75, 3.05) is 0 Å². The van der Waals surface area contributed by atoms with E-state index in [9.17, 15) is 0 Å². The molecule has 14 heavy (non-hydrogen) atoms. The quantitative estimate of drug-likeness (QED) is 0.634. The third-order valence-corrected chi connectivity index (χ3v) is 12.8. The Morgan fingerprint density at radius 1 is 1.14 bits per heavy atom. The first-order valence-corrected chi connectivity index (χ1v) is 9.40. The zero-order valence-electron chi connectivity index (χ0n) is 10.6. The first-order chi connectivity index (χ1) is 6.18. The summed E-state index contributed by atoms with van der Waals surface area (Å²) in [5.41, 5.74) is 3.11. The molecule has 0 aliphatic heterocycles. The summed E-state index contributed by atoms with van der Waals surface area (Å²) < 4.78 is 0. The van der Waals surface area contributed by atoms with Crippen molar-refractivity contribution in [3.63, 3.8) is 0 Å². The Balaban J connectivity index is 3.23. The average Bonchev–Trinajstić information content (AvgIpc) is 2.30. The molecule has 0 aliphatic rings. The summed E-state index contributed by atoms with van der Waals surface area (Å²) in [6.45, 7) is 16.8. The molecule has 0 amide bonds. The normalized spacial score (nSPS) is 13.9. The highest BCUT2D eigenvalue weighted by molar-refractivity contribution is 7.41. The van der Waals surface area contributed by atoms with Crippen LogP contribution in [-0.2, 0) is 0 Å². The van der Waals surface area contributed by atoms with Gasteiger partial charge in [-0.2, -0.15) is 0 Å². The van der Waals surface area contributed by atoms with Crippen molar-refractivity contribution in [1.29, 1.82) is 0 Å². The molecule has 0 nitrogen and oxygen atoms in total. The van der Waals surface area contributed by atoms with Crippen LogP contribution in [0.25, 0.3) is 0 Å². The van der Waals surface area contributed by atoms with Crippen LogP contribution in [0.2, 0.25) is 18.1 Å². The van der Waals surface area contributed by atoms with Crippen LogP contribution in [0, 0.1) is 13.8 Å². The van der Waals surface area contributed by atoms with E-state index in [1.54, 1.807) is 10.5 Å². The molecule has 1 rings (SSSR count). The SMILES string of the molecule is Cc1c[pH]c([Si](C)(C)C(C)(C)C)c1C. The molecule has 0 fully saturated rings. The van der Waals surface area contributed by atoms with Crippen LogP contribution in [-0.4, -0.2) is 8.07 Å². The molecule has 0 aliphatic carbocycles. The van der Waals surface area contributed by atoms with E-state index in [-0.39, 0.29) is 0 Å². The summed E-state index contributed by atoms with van der Waals surface area (Å²) >= 11 is 0. The van der Waals surface area contributed by atoms with E-state index < -0.39 is 8.07 Å². The molecule has 2 heteroatoms. The van der Waals surface area contributed by atoms with Crippen molar-refractivity contribution in [1.82, 2.24) is 0 Å². The minimum atomic E-state index is -1.24. The highest BCUT2D eigenvalue weighted by Gasteiger charge is 2.38. The van der Waals surface area contributed by atoms with Crippen LogP contribution in [0.15, 0.2) is 5.80 Å². The fraction of sp³-hybridized carbons (Fsp3) is 0.667. The van der Waals surface area contributed by atoms with Crippen LogP contribution in [0.4, 0.5) is 0 Å². The Morgan fingerprint density at radius 3 is 1.93 bits per heavy atom. The van der Waals surface area contributed by atoms with Gasteiger partial charge in [0.1, 0.15) is 0 Å². The molecule has 1 aromatic heterocycles. The third kappa shape index (κ3) is 1.85. The van der Waals surface area contributed by atoms with Crippen molar-refractivity contribution in [3.05, 3.63) is 16.9 Å². The van der Waals surface area contributed by atoms with Crippen LogP contribution >= 0.6 is 8.19 Å². The van der Waals surface area contributed by atoms with Gasteiger partial charge < -0.3 is 0 Å². The molecule has 0 aromatic carbocycles. The maximum Gasteiger partial charge on any atom is 0.0910 e. The smallest absolute Gasteiger partial charge is 0.0910 e. The molecule has 0 saturated heterocycles. The lowest BCUT2D eigenvalue weighted by molar-refractivity contribution is 0.730. The van der Waals surface area contributed by atoms with Crippen LogP contribution < -0.4 is 4.92 Å². The summed E-state index contributed by atoms with van der Waals surface area (Å²) in [6, 6.07) is 0. The van der Waals surface area contributed by atoms with Crippen molar-refractivity contribution in [2.45, 2.75) is 52.8 Å². The zero-order chi connectivity index (χ0) is 11.1. The van der Waals surface area contributed by atoms with E-state index in [4.69, 9.17) is 0 Å². The lowest BCUT2D eigenvalue weighted by Crippen LogP contribution is -2.48. The second kappa shape index (κ2) is 3.54. The van der Waals surface area contributed by atoms with Gasteiger partial charge in [0.15, 0.2) is 0 Å². The van der Waals surface area contributed by atoms with Gasteiger partial charge in [0, 0.05) is 0 Å². The maximum atomic E-state index is 2.52. The van der Waals surface area contributed by atoms with E-state index in [1.165, 1.54) is 5.56 Å². The largest absolute Gasteiger partial charge is 0.140 e. The predicted molar refractivity (Wildman–Crippen MR) is 72.2 cm³/mol. The first kappa shape index (κ1) is 12.1. The minimum absolute atomic E-state index is 0.481. The average molecular weight is 226 g/mol. The number of hydrogen-bond acceptors (Lipinski definition) is 0. The van der Waals surface area contributed by atoms with E-state index in [1.807, 2.05) is 0 Å². The Kier molecular flexibility index (Phi) is 3.05. The summed E-state index contributed by atoms with van der Waals surface area (Å²) in [7, 11) is -0.272. The second-order valence-corrected chi connectivity index (χ2v) is 12.7. The van der Waals surface area contributed by atoms with Gasteiger partial charge in [-0.05, 0) is 40.7 Å². The Bertz CT molecular complexity index is 329. The lowest BCUT2D eigenvalue weighted by atomic mass is 10.2. The molecular weight excluding hydrogens is 203 g/mol. The van der Waals surface area contributed by atoms with Crippen molar-refractivity contribution in [3.8, 4) is 0 Å². The Morgan fingerprint density at radius 2 is 1.64 bits per heavy atom. The molecule has 1 unspecified atom stereocenters. The topological polar surface area (TPSA) is 0 Å². The number of rotatable bonds is 1. The highest BCUT2D eigenvalue weighted by Crippen LogP contribution is 2.38. The Hall–Kier alpha value is -0.00312. The summed E-state index contributed by atoms with van der Waals surface area (Å²) in [5.74, 6) is 2.42. The van der Waals surface area contributed by atoms with Crippen molar-refractivity contribution >= 4 is 21.2 Å². The molecule has 0 spiro atoms. The lowest BCUT2D eigenvalue weighted by Gasteiger charge is -2.37. The standard InChI is InChI=1S/C12H23PSi/c1-9-8-13-11(10(9)2)14(6,7)12(3,4)5/h8,13H,1-7H3. The fourth-order valence-electron chi connectivity index (χ4n) is 1.62. The van der Waals surface area contributed by atoms with Crippen molar-refractivity contribution in [2.24, 2.45) is 0 Å². The van der Waals surface area contributed by atoms with Crippen LogP contribution in [0.5, 0.6) is 0 Å². The van der Waals surface area contributed by atoms with Gasteiger partial charge >= 0.3 is 0 Å². The third-order valence-electron chi connectivity index (χ3n) is 3.90. The number of hydrogen-bond donors (Lipinski definition) is 0. The van der Waals surface area contributed by atoms with Gasteiger partial charge in [0.2, 0.25) is 0 Å². The molecule has 1 aromatic rings. The Labute approximate surface area is 91.2 Å². The second-order valence-electron chi connectivity index (χ2n) is 5.85. The van der Waals surface area contributed by atoms with Crippen LogP contribution in [0.1, 0.15) is 31.9 Å². The summed E-state index contributed by atoms with van der Waals surface area (Å²) in [4.78, 5) is 1.79. The highest BCUT2D eigenvalue weighted by atomic mass is 31.0. The van der Waals surface area contributed by atoms with Gasteiger partial charge in [-0.25, -0.2) is 0 Å². The monoisotopic (exact) mass is 226 g/mol. The van der Waals surface area contributed by atoms with Crippen molar-refractivity contribution < 1.29 is 0 Å². The van der Waals surface area contributed by atoms with E-state index in [0.29, 0.717) is 5.04 Å². The van der Waals surface area contributed by atoms with E-state index in [2.05, 4.69) is 53.5 Å². The molecule has 80 valence electrons. The van der Waals surface area contributed by atoms with Gasteiger partial charge in [0.05, 0.1) is 8.07 Å². The van der Waals surface area contributed by atoms with E-state index >= 15 is 0 Å². The molecule has 0 saturated carbocycles. The van der Waals surface area contributed by atoms with Crippen LogP contribution in [0.3, 0.4) is 0 Å². The predicted octanol–water partition coefficient (Wildman–Crippen LogP) is 4.05. The summed E-state index contributed by atoms with van der Waals surface area (Å²) in [6.07, 6.45) is 0. The molecule has 0 N–H and O–H groups in total. The minimum Gasteiger partial charge on any atom is -0.140 e. The molecule has 1 atom stereocenters. The van der Waals surface area contributed by atoms with E-state index in [0.717, 1.165) is 8.19 Å². The van der Waals surface area contributed by atoms with Gasteiger partial charge in [0.25, 0.3) is 0 Å². The molecule has 0 bridgehead atoms. The van der Waals surface area contributed by atoms with Gasteiger partial charge in [-0.1, -0.05) is 33.9 Å². The maximum absolute atomic E-state index is 2.52.